The van der Waals surface area contributed by atoms with E-state index in [1.54, 1.807) is 17.1 Å². The van der Waals surface area contributed by atoms with Crippen LogP contribution in [0.25, 0.3) is 0 Å². The first kappa shape index (κ1) is 13.7. The second kappa shape index (κ2) is 5.97. The lowest BCUT2D eigenvalue weighted by atomic mass is 10.1. The number of aromatic nitrogens is 3. The molecule has 0 saturated carbocycles. The molecule has 0 aliphatic heterocycles. The van der Waals surface area contributed by atoms with Gasteiger partial charge in [-0.15, -0.1) is 0 Å². The Balaban J connectivity index is 2.10. The third kappa shape index (κ3) is 3.20. The number of hydrogen-bond acceptors (Lipinski definition) is 3. The second-order valence-electron chi connectivity index (χ2n) is 4.66. The van der Waals surface area contributed by atoms with Gasteiger partial charge in [-0.25, -0.2) is 0 Å². The van der Waals surface area contributed by atoms with Gasteiger partial charge in [0.25, 0.3) is 0 Å². The molecule has 4 nitrogen and oxygen atoms in total. The number of nitrogens with zero attached hydrogens (tertiary/aromatic N) is 3. The summed E-state index contributed by atoms with van der Waals surface area (Å²) in [6.07, 6.45) is 6.08. The number of hydrogen-bond donors (Lipinski definition) is 0. The van der Waals surface area contributed by atoms with Gasteiger partial charge < -0.3 is 0 Å². The van der Waals surface area contributed by atoms with Crippen molar-refractivity contribution in [2.75, 3.05) is 0 Å². The van der Waals surface area contributed by atoms with E-state index >= 15 is 0 Å². The zero-order valence-electron chi connectivity index (χ0n) is 11.0. The summed E-state index contributed by atoms with van der Waals surface area (Å²) in [7, 11) is 0. The molecule has 2 rings (SSSR count). The molecule has 19 heavy (non-hydrogen) atoms. The fourth-order valence-corrected chi connectivity index (χ4v) is 2.16. The average Bonchev–Trinajstić information content (AvgIpc) is 2.79. The summed E-state index contributed by atoms with van der Waals surface area (Å²) in [5, 5.41) is 4.57. The van der Waals surface area contributed by atoms with Crippen LogP contribution in [-0.4, -0.2) is 20.5 Å². The van der Waals surface area contributed by atoms with Crippen LogP contribution in [0.2, 0.25) is 5.02 Å². The van der Waals surface area contributed by atoms with E-state index in [0.717, 1.165) is 5.56 Å². The van der Waals surface area contributed by atoms with Crippen molar-refractivity contribution in [1.29, 1.82) is 0 Å². The zero-order chi connectivity index (χ0) is 13.8. The molecule has 2 aromatic rings. The van der Waals surface area contributed by atoms with Crippen LogP contribution in [0.3, 0.4) is 0 Å². The lowest BCUT2D eigenvalue weighted by molar-refractivity contribution is 0.0970. The molecule has 0 unspecified atom stereocenters. The smallest absolute Gasteiger partial charge is 0.182 e. The summed E-state index contributed by atoms with van der Waals surface area (Å²) in [4.78, 5) is 16.2. The molecule has 0 amide bonds. The Hall–Kier alpha value is -1.68. The Morgan fingerprint density at radius 1 is 1.37 bits per heavy atom. The summed E-state index contributed by atoms with van der Waals surface area (Å²) in [5.41, 5.74) is 1.60. The number of Topliss-reactive ketones (excluding diaryl/α,β-unsaturated/α-hetero) is 1. The maximum atomic E-state index is 12.3. The molecule has 0 spiro atoms. The van der Waals surface area contributed by atoms with Crippen LogP contribution in [0.4, 0.5) is 0 Å². The number of halogens is 1. The monoisotopic (exact) mass is 277 g/mol. The van der Waals surface area contributed by atoms with Crippen molar-refractivity contribution in [2.45, 2.75) is 32.7 Å². The summed E-state index contributed by atoms with van der Waals surface area (Å²) >= 11 is 6.05. The van der Waals surface area contributed by atoms with E-state index in [0.29, 0.717) is 23.6 Å². The van der Waals surface area contributed by atoms with E-state index in [2.05, 4.69) is 10.1 Å². The first-order valence-electron chi connectivity index (χ1n) is 6.24. The van der Waals surface area contributed by atoms with E-state index in [9.17, 15) is 4.79 Å². The van der Waals surface area contributed by atoms with Crippen LogP contribution in [0.5, 0.6) is 0 Å². The predicted octanol–water partition coefficient (Wildman–Crippen LogP) is 3.33. The third-order valence-corrected chi connectivity index (χ3v) is 3.17. The van der Waals surface area contributed by atoms with Crippen LogP contribution in [0.15, 0.2) is 30.7 Å². The molecule has 0 aromatic carbocycles. The van der Waals surface area contributed by atoms with Crippen LogP contribution >= 0.6 is 11.6 Å². The van der Waals surface area contributed by atoms with Crippen molar-refractivity contribution in [3.8, 4) is 0 Å². The molecule has 0 aliphatic rings. The van der Waals surface area contributed by atoms with Crippen molar-refractivity contribution >= 4 is 17.4 Å². The first-order valence-corrected chi connectivity index (χ1v) is 6.62. The maximum Gasteiger partial charge on any atom is 0.182 e. The van der Waals surface area contributed by atoms with Crippen LogP contribution < -0.4 is 0 Å². The second-order valence-corrected chi connectivity index (χ2v) is 5.07. The van der Waals surface area contributed by atoms with Crippen molar-refractivity contribution in [2.24, 2.45) is 0 Å². The number of rotatable bonds is 5. The van der Waals surface area contributed by atoms with Gasteiger partial charge in [0, 0.05) is 24.9 Å². The SMILES string of the molecule is CC(C)n1ncc(Cl)c1C(=O)CCc1ccncc1. The molecule has 0 saturated heterocycles. The fraction of sp³-hybridized carbons (Fsp3) is 0.357. The van der Waals surface area contributed by atoms with Gasteiger partial charge in [0.15, 0.2) is 5.78 Å². The van der Waals surface area contributed by atoms with Crippen molar-refractivity contribution in [3.63, 3.8) is 0 Å². The highest BCUT2D eigenvalue weighted by atomic mass is 35.5. The number of ketones is 1. The molecule has 5 heteroatoms. The highest BCUT2D eigenvalue weighted by Gasteiger charge is 2.18. The van der Waals surface area contributed by atoms with Gasteiger partial charge in [0.1, 0.15) is 5.69 Å². The van der Waals surface area contributed by atoms with E-state index < -0.39 is 0 Å². The maximum absolute atomic E-state index is 12.3. The Labute approximate surface area is 117 Å². The summed E-state index contributed by atoms with van der Waals surface area (Å²) in [6.45, 7) is 3.95. The van der Waals surface area contributed by atoms with Gasteiger partial charge >= 0.3 is 0 Å². The average molecular weight is 278 g/mol. The van der Waals surface area contributed by atoms with Gasteiger partial charge in [0.05, 0.1) is 11.2 Å². The lowest BCUT2D eigenvalue weighted by Gasteiger charge is -2.10. The van der Waals surface area contributed by atoms with E-state index in [1.165, 1.54) is 6.20 Å². The molecule has 0 N–H and O–H groups in total. The third-order valence-electron chi connectivity index (χ3n) is 2.89. The van der Waals surface area contributed by atoms with Crippen molar-refractivity contribution in [1.82, 2.24) is 14.8 Å². The first-order chi connectivity index (χ1) is 9.09. The van der Waals surface area contributed by atoms with Crippen molar-refractivity contribution < 1.29 is 4.79 Å². The Morgan fingerprint density at radius 2 is 2.05 bits per heavy atom. The summed E-state index contributed by atoms with van der Waals surface area (Å²) < 4.78 is 1.68. The number of carbonyl (C=O) groups excluding carboxylic acids is 1. The Morgan fingerprint density at radius 3 is 2.68 bits per heavy atom. The quantitative estimate of drug-likeness (QED) is 0.788. The molecule has 0 fully saturated rings. The highest BCUT2D eigenvalue weighted by molar-refractivity contribution is 6.33. The predicted molar refractivity (Wildman–Crippen MR) is 74.5 cm³/mol. The summed E-state index contributed by atoms with van der Waals surface area (Å²) in [5.74, 6) is 0.0213. The van der Waals surface area contributed by atoms with Crippen LogP contribution in [0.1, 0.15) is 42.4 Å². The van der Waals surface area contributed by atoms with Gasteiger partial charge in [-0.1, -0.05) is 11.6 Å². The van der Waals surface area contributed by atoms with E-state index in [1.807, 2.05) is 26.0 Å². The fourth-order valence-electron chi connectivity index (χ4n) is 1.92. The molecule has 100 valence electrons. The molecular weight excluding hydrogens is 262 g/mol. The molecule has 0 radical (unpaired) electrons. The van der Waals surface area contributed by atoms with Crippen LogP contribution in [-0.2, 0) is 6.42 Å². The minimum absolute atomic E-state index is 0.0213. The number of pyridine rings is 1. The number of carbonyl (C=O) groups is 1. The largest absolute Gasteiger partial charge is 0.292 e. The normalized spacial score (nSPS) is 10.9. The van der Waals surface area contributed by atoms with Gasteiger partial charge in [0.2, 0.25) is 0 Å². The van der Waals surface area contributed by atoms with Crippen LogP contribution in [0, 0.1) is 0 Å². The minimum atomic E-state index is 0.0213. The van der Waals surface area contributed by atoms with Gasteiger partial charge in [-0.3, -0.25) is 14.5 Å². The highest BCUT2D eigenvalue weighted by Crippen LogP contribution is 2.21. The molecular formula is C14H16ClN3O. The Bertz CT molecular complexity index is 563. The molecule has 0 bridgehead atoms. The minimum Gasteiger partial charge on any atom is -0.292 e. The Kier molecular flexibility index (Phi) is 4.32. The standard InChI is InChI=1S/C14H16ClN3O/c1-10(2)18-14(12(15)9-17-18)13(19)4-3-11-5-7-16-8-6-11/h5-10H,3-4H2,1-2H3. The van der Waals surface area contributed by atoms with Crippen molar-refractivity contribution in [3.05, 3.63) is 47.0 Å². The number of aryl methyl sites for hydroxylation is 1. The topological polar surface area (TPSA) is 47.8 Å². The van der Waals surface area contributed by atoms with Gasteiger partial charge in [-0.05, 0) is 38.0 Å². The molecule has 0 aliphatic carbocycles. The lowest BCUT2D eigenvalue weighted by Crippen LogP contribution is -2.13. The molecule has 2 heterocycles. The van der Waals surface area contributed by atoms with Gasteiger partial charge in [-0.2, -0.15) is 5.10 Å². The zero-order valence-corrected chi connectivity index (χ0v) is 11.8. The molecule has 2 aromatic heterocycles. The molecule has 0 atom stereocenters. The summed E-state index contributed by atoms with van der Waals surface area (Å²) in [6, 6.07) is 3.94. The van der Waals surface area contributed by atoms with E-state index in [-0.39, 0.29) is 11.8 Å². The van der Waals surface area contributed by atoms with E-state index in [4.69, 9.17) is 11.6 Å².